The van der Waals surface area contributed by atoms with Crippen molar-refractivity contribution in [3.8, 4) is 5.69 Å². The average molecular weight is 348 g/mol. The van der Waals surface area contributed by atoms with Crippen LogP contribution in [0.15, 0.2) is 48.5 Å². The molecule has 134 valence electrons. The smallest absolute Gasteiger partial charge is 0.253 e. The quantitative estimate of drug-likeness (QED) is 0.730. The Bertz CT molecular complexity index is 942. The third-order valence-corrected chi connectivity index (χ3v) is 5.28. The molecule has 1 amide bonds. The average Bonchev–Trinajstić information content (AvgIpc) is 3.25. The zero-order valence-corrected chi connectivity index (χ0v) is 15.5. The predicted octanol–water partition coefficient (Wildman–Crippen LogP) is 3.11. The van der Waals surface area contributed by atoms with E-state index < -0.39 is 0 Å². The summed E-state index contributed by atoms with van der Waals surface area (Å²) in [5, 5.41) is 0. The van der Waals surface area contributed by atoms with Gasteiger partial charge in [-0.05, 0) is 63.8 Å². The normalized spacial score (nSPS) is 17.4. The number of aryl methyl sites for hydroxylation is 1. The van der Waals surface area contributed by atoms with Crippen molar-refractivity contribution in [3.05, 3.63) is 59.9 Å². The maximum Gasteiger partial charge on any atom is 0.253 e. The van der Waals surface area contributed by atoms with Crippen molar-refractivity contribution in [3.63, 3.8) is 0 Å². The highest BCUT2D eigenvalue weighted by molar-refractivity contribution is 5.94. The van der Waals surface area contributed by atoms with E-state index in [0.717, 1.165) is 47.6 Å². The Morgan fingerprint density at radius 1 is 1.12 bits per heavy atom. The molecule has 0 aliphatic carbocycles. The van der Waals surface area contributed by atoms with Crippen LogP contribution < -0.4 is 0 Å². The van der Waals surface area contributed by atoms with E-state index in [-0.39, 0.29) is 5.91 Å². The Hall–Kier alpha value is -2.66. The fourth-order valence-electron chi connectivity index (χ4n) is 3.76. The highest BCUT2D eigenvalue weighted by atomic mass is 16.2. The number of para-hydroxylation sites is 2. The molecule has 0 bridgehead atoms. The zero-order valence-electron chi connectivity index (χ0n) is 15.5. The van der Waals surface area contributed by atoms with Gasteiger partial charge in [-0.1, -0.05) is 12.1 Å². The van der Waals surface area contributed by atoms with Crippen LogP contribution in [0.1, 0.15) is 22.6 Å². The number of carbonyl (C=O) groups is 1. The first kappa shape index (κ1) is 16.8. The monoisotopic (exact) mass is 348 g/mol. The highest BCUT2D eigenvalue weighted by Crippen LogP contribution is 2.22. The Labute approximate surface area is 153 Å². The van der Waals surface area contributed by atoms with Crippen LogP contribution in [0.25, 0.3) is 16.7 Å². The molecule has 1 fully saturated rings. The lowest BCUT2D eigenvalue weighted by Gasteiger charge is -2.20. The van der Waals surface area contributed by atoms with Crippen molar-refractivity contribution < 1.29 is 4.79 Å². The number of imidazole rings is 1. The van der Waals surface area contributed by atoms with Crippen molar-refractivity contribution in [2.75, 3.05) is 27.2 Å². The molecule has 1 saturated heterocycles. The molecule has 0 spiro atoms. The molecule has 5 nitrogen and oxygen atoms in total. The summed E-state index contributed by atoms with van der Waals surface area (Å²) >= 11 is 0. The van der Waals surface area contributed by atoms with Crippen molar-refractivity contribution in [1.29, 1.82) is 0 Å². The second-order valence-corrected chi connectivity index (χ2v) is 7.19. The van der Waals surface area contributed by atoms with Crippen LogP contribution in [-0.4, -0.2) is 58.5 Å². The second kappa shape index (κ2) is 6.57. The molecule has 0 saturated carbocycles. The van der Waals surface area contributed by atoms with Crippen LogP contribution in [0.3, 0.4) is 0 Å². The molecular formula is C21H24N4O. The number of aromatic nitrogens is 2. The number of hydrogen-bond donors (Lipinski definition) is 0. The summed E-state index contributed by atoms with van der Waals surface area (Å²) in [6.07, 6.45) is 1.04. The lowest BCUT2D eigenvalue weighted by Crippen LogP contribution is -2.34. The van der Waals surface area contributed by atoms with Crippen LogP contribution in [-0.2, 0) is 0 Å². The van der Waals surface area contributed by atoms with E-state index in [1.54, 1.807) is 0 Å². The fourth-order valence-corrected chi connectivity index (χ4v) is 3.76. The van der Waals surface area contributed by atoms with Crippen LogP contribution in [0.4, 0.5) is 0 Å². The summed E-state index contributed by atoms with van der Waals surface area (Å²) in [5.41, 5.74) is 3.84. The summed E-state index contributed by atoms with van der Waals surface area (Å²) < 4.78 is 2.13. The zero-order chi connectivity index (χ0) is 18.3. The Morgan fingerprint density at radius 2 is 1.85 bits per heavy atom. The standard InChI is InChI=1S/C21H24N4O/c1-15-22-19-6-4-5-7-20(19)25(15)17-10-8-16(9-11-17)21(26)24-13-12-18(14-24)23(2)3/h4-11,18H,12-14H2,1-3H3. The number of benzene rings is 2. The number of nitrogens with zero attached hydrogens (tertiary/aromatic N) is 4. The molecule has 1 unspecified atom stereocenters. The topological polar surface area (TPSA) is 41.4 Å². The summed E-state index contributed by atoms with van der Waals surface area (Å²) in [6, 6.07) is 16.4. The molecule has 1 atom stereocenters. The van der Waals surface area contributed by atoms with Crippen molar-refractivity contribution >= 4 is 16.9 Å². The molecule has 1 aromatic heterocycles. The van der Waals surface area contributed by atoms with Gasteiger partial charge in [-0.25, -0.2) is 4.98 Å². The number of likely N-dealkylation sites (N-methyl/N-ethyl adjacent to an activating group) is 1. The Morgan fingerprint density at radius 3 is 2.54 bits per heavy atom. The number of hydrogen-bond acceptors (Lipinski definition) is 3. The third-order valence-electron chi connectivity index (χ3n) is 5.28. The molecule has 1 aliphatic rings. The lowest BCUT2D eigenvalue weighted by molar-refractivity contribution is 0.0783. The van der Waals surface area contributed by atoms with Gasteiger partial charge >= 0.3 is 0 Å². The van der Waals surface area contributed by atoms with Gasteiger partial charge in [0.1, 0.15) is 5.82 Å². The van der Waals surface area contributed by atoms with E-state index in [9.17, 15) is 4.79 Å². The van der Waals surface area contributed by atoms with Gasteiger partial charge in [-0.2, -0.15) is 0 Å². The molecule has 26 heavy (non-hydrogen) atoms. The third kappa shape index (κ3) is 2.88. The Balaban J connectivity index is 1.59. The van der Waals surface area contributed by atoms with E-state index in [1.807, 2.05) is 54.3 Å². The van der Waals surface area contributed by atoms with Gasteiger partial charge < -0.3 is 9.80 Å². The molecular weight excluding hydrogens is 324 g/mol. The number of fused-ring (bicyclic) bond motifs is 1. The Kier molecular flexibility index (Phi) is 4.24. The minimum Gasteiger partial charge on any atom is -0.337 e. The van der Waals surface area contributed by atoms with Crippen LogP contribution in [0.2, 0.25) is 0 Å². The summed E-state index contributed by atoms with van der Waals surface area (Å²) in [5.74, 6) is 1.06. The van der Waals surface area contributed by atoms with Crippen molar-refractivity contribution in [1.82, 2.24) is 19.4 Å². The van der Waals surface area contributed by atoms with Crippen LogP contribution in [0, 0.1) is 6.92 Å². The maximum absolute atomic E-state index is 12.8. The molecule has 4 rings (SSSR count). The van der Waals surface area contributed by atoms with Crippen molar-refractivity contribution in [2.24, 2.45) is 0 Å². The maximum atomic E-state index is 12.8. The first-order valence-corrected chi connectivity index (χ1v) is 9.05. The van der Waals surface area contributed by atoms with E-state index >= 15 is 0 Å². The minimum absolute atomic E-state index is 0.119. The number of amides is 1. The molecule has 0 N–H and O–H groups in total. The first-order chi connectivity index (χ1) is 12.5. The summed E-state index contributed by atoms with van der Waals surface area (Å²) in [6.45, 7) is 3.64. The first-order valence-electron chi connectivity index (χ1n) is 9.05. The second-order valence-electron chi connectivity index (χ2n) is 7.19. The van der Waals surface area contributed by atoms with E-state index in [1.165, 1.54) is 0 Å². The molecule has 1 aliphatic heterocycles. The fraction of sp³-hybridized carbons (Fsp3) is 0.333. The predicted molar refractivity (Wildman–Crippen MR) is 104 cm³/mol. The van der Waals surface area contributed by atoms with Crippen molar-refractivity contribution in [2.45, 2.75) is 19.4 Å². The number of carbonyl (C=O) groups excluding carboxylic acids is 1. The SMILES string of the molecule is Cc1nc2ccccc2n1-c1ccc(C(=O)N2CCC(N(C)C)C2)cc1. The van der Waals surface area contributed by atoms with Gasteiger partial charge in [-0.15, -0.1) is 0 Å². The van der Waals surface area contributed by atoms with Crippen LogP contribution >= 0.6 is 0 Å². The van der Waals surface area contributed by atoms with Crippen LogP contribution in [0.5, 0.6) is 0 Å². The van der Waals surface area contributed by atoms with Gasteiger partial charge in [0, 0.05) is 30.4 Å². The van der Waals surface area contributed by atoms with E-state index in [0.29, 0.717) is 6.04 Å². The highest BCUT2D eigenvalue weighted by Gasteiger charge is 2.28. The number of likely N-dealkylation sites (tertiary alicyclic amines) is 1. The molecule has 0 radical (unpaired) electrons. The minimum atomic E-state index is 0.119. The van der Waals surface area contributed by atoms with Gasteiger partial charge in [0.25, 0.3) is 5.91 Å². The van der Waals surface area contributed by atoms with Gasteiger partial charge in [-0.3, -0.25) is 9.36 Å². The largest absolute Gasteiger partial charge is 0.337 e. The summed E-state index contributed by atoms with van der Waals surface area (Å²) in [7, 11) is 4.15. The molecule has 2 aromatic carbocycles. The van der Waals surface area contributed by atoms with Gasteiger partial charge in [0.2, 0.25) is 0 Å². The van der Waals surface area contributed by atoms with E-state index in [2.05, 4.69) is 34.6 Å². The summed E-state index contributed by atoms with van der Waals surface area (Å²) in [4.78, 5) is 21.6. The molecule has 5 heteroatoms. The van der Waals surface area contributed by atoms with Gasteiger partial charge in [0.15, 0.2) is 0 Å². The number of rotatable bonds is 3. The molecule has 3 aromatic rings. The van der Waals surface area contributed by atoms with E-state index in [4.69, 9.17) is 0 Å². The van der Waals surface area contributed by atoms with Gasteiger partial charge in [0.05, 0.1) is 11.0 Å². The molecule has 2 heterocycles. The lowest BCUT2D eigenvalue weighted by atomic mass is 10.1.